The van der Waals surface area contributed by atoms with E-state index in [4.69, 9.17) is 18.9 Å². The van der Waals surface area contributed by atoms with Gasteiger partial charge < -0.3 is 18.9 Å². The van der Waals surface area contributed by atoms with E-state index in [9.17, 15) is 9.59 Å². The molecule has 0 aliphatic heterocycles. The van der Waals surface area contributed by atoms with Crippen LogP contribution < -0.4 is 9.47 Å². The van der Waals surface area contributed by atoms with Crippen molar-refractivity contribution < 1.29 is 28.5 Å². The van der Waals surface area contributed by atoms with Crippen molar-refractivity contribution in [1.29, 1.82) is 0 Å². The van der Waals surface area contributed by atoms with Gasteiger partial charge in [-0.05, 0) is 76.9 Å². The first kappa shape index (κ1) is 24.6. The van der Waals surface area contributed by atoms with Crippen LogP contribution in [0.3, 0.4) is 0 Å². The molecule has 168 valence electrons. The van der Waals surface area contributed by atoms with Crippen LogP contribution in [0, 0.1) is 0 Å². The summed E-state index contributed by atoms with van der Waals surface area (Å²) in [6, 6.07) is 14.7. The molecular weight excluding hydrogens is 416 g/mol. The first-order valence-electron chi connectivity index (χ1n) is 9.97. The third-order valence-electron chi connectivity index (χ3n) is 3.57. The molecule has 2 aromatic carbocycles. The van der Waals surface area contributed by atoms with E-state index in [1.807, 2.05) is 24.3 Å². The van der Waals surface area contributed by atoms with Gasteiger partial charge >= 0.3 is 12.3 Å². The lowest BCUT2D eigenvalue weighted by Gasteiger charge is -2.18. The van der Waals surface area contributed by atoms with E-state index in [-0.39, 0.29) is 0 Å². The molecule has 0 bridgehead atoms. The lowest BCUT2D eigenvalue weighted by Crippen LogP contribution is -2.25. The summed E-state index contributed by atoms with van der Waals surface area (Å²) in [5.41, 5.74) is 1.05. The van der Waals surface area contributed by atoms with Gasteiger partial charge in [-0.25, -0.2) is 9.59 Å². The zero-order chi connectivity index (χ0) is 23.1. The van der Waals surface area contributed by atoms with Crippen molar-refractivity contribution >= 4 is 24.1 Å². The van der Waals surface area contributed by atoms with Crippen LogP contribution in [0.2, 0.25) is 0 Å². The van der Waals surface area contributed by atoms with Gasteiger partial charge in [-0.1, -0.05) is 24.3 Å². The van der Waals surface area contributed by atoms with Crippen molar-refractivity contribution in [3.05, 3.63) is 59.7 Å². The first-order chi connectivity index (χ1) is 14.4. The Hall–Kier alpha value is -2.67. The molecule has 0 aliphatic rings. The summed E-state index contributed by atoms with van der Waals surface area (Å²) in [6.07, 6.45) is -1.43. The summed E-state index contributed by atoms with van der Waals surface area (Å²) in [7, 11) is 0. The van der Waals surface area contributed by atoms with Gasteiger partial charge in [-0.15, -0.1) is 0 Å². The minimum atomic E-state index is -0.714. The van der Waals surface area contributed by atoms with Gasteiger partial charge in [0.1, 0.15) is 22.7 Å². The molecule has 31 heavy (non-hydrogen) atoms. The first-order valence-corrected chi connectivity index (χ1v) is 11.1. The Balaban J connectivity index is 1.76. The topological polar surface area (TPSA) is 71.1 Å². The normalized spacial score (nSPS) is 11.5. The van der Waals surface area contributed by atoms with E-state index < -0.39 is 23.5 Å². The van der Waals surface area contributed by atoms with E-state index in [0.717, 1.165) is 22.6 Å². The molecule has 0 atom stereocenters. The van der Waals surface area contributed by atoms with Gasteiger partial charge in [-0.3, -0.25) is 0 Å². The smallest absolute Gasteiger partial charge is 0.428 e. The van der Waals surface area contributed by atoms with Gasteiger partial charge in [0.05, 0.1) is 0 Å². The van der Waals surface area contributed by atoms with Crippen LogP contribution in [0.4, 0.5) is 9.59 Å². The molecule has 0 fully saturated rings. The van der Waals surface area contributed by atoms with Crippen LogP contribution in [0.1, 0.15) is 52.7 Å². The highest BCUT2D eigenvalue weighted by atomic mass is 32.2. The number of carbonyl (C=O) groups excluding carboxylic acids is 2. The molecule has 7 heteroatoms. The predicted molar refractivity (Wildman–Crippen MR) is 122 cm³/mol. The number of benzene rings is 2. The largest absolute Gasteiger partial charge is 0.514 e. The van der Waals surface area contributed by atoms with Crippen LogP contribution in [0.5, 0.6) is 11.5 Å². The van der Waals surface area contributed by atoms with Crippen LogP contribution in [0.15, 0.2) is 48.5 Å². The summed E-state index contributed by atoms with van der Waals surface area (Å²) >= 11 is 1.75. The Morgan fingerprint density at radius 2 is 0.968 bits per heavy atom. The zero-order valence-electron chi connectivity index (χ0n) is 18.9. The lowest BCUT2D eigenvalue weighted by atomic mass is 10.2. The van der Waals surface area contributed by atoms with Crippen LogP contribution in [-0.4, -0.2) is 23.5 Å². The van der Waals surface area contributed by atoms with Crippen molar-refractivity contribution in [1.82, 2.24) is 0 Å². The Morgan fingerprint density at radius 1 is 0.645 bits per heavy atom. The Bertz CT molecular complexity index is 787. The third kappa shape index (κ3) is 10.3. The maximum absolute atomic E-state index is 11.7. The highest BCUT2D eigenvalue weighted by molar-refractivity contribution is 7.97. The quantitative estimate of drug-likeness (QED) is 0.359. The molecule has 0 radical (unpaired) electrons. The summed E-state index contributed by atoms with van der Waals surface area (Å²) in [5.74, 6) is 2.51. The molecule has 0 saturated carbocycles. The second-order valence-electron chi connectivity index (χ2n) is 8.91. The maximum Gasteiger partial charge on any atom is 0.514 e. The molecule has 0 aromatic heterocycles. The molecule has 2 aromatic rings. The molecular formula is C24H30O6S. The molecule has 0 spiro atoms. The maximum atomic E-state index is 11.7. The monoisotopic (exact) mass is 446 g/mol. The SMILES string of the molecule is CC(C)(C)OC(=O)Oc1ccc(CSCc2ccc(OC(=O)OC(C)(C)C)cc2)cc1. The second kappa shape index (κ2) is 10.6. The number of ether oxygens (including phenoxy) is 4. The number of thioether (sulfide) groups is 1. The minimum Gasteiger partial charge on any atom is -0.428 e. The van der Waals surface area contributed by atoms with E-state index in [1.54, 1.807) is 77.6 Å². The Labute approximate surface area is 188 Å². The molecule has 0 amide bonds. The molecule has 0 heterocycles. The van der Waals surface area contributed by atoms with E-state index in [2.05, 4.69) is 0 Å². The molecule has 0 N–H and O–H groups in total. The van der Waals surface area contributed by atoms with Gasteiger partial charge in [-0.2, -0.15) is 11.8 Å². The summed E-state index contributed by atoms with van der Waals surface area (Å²) in [5, 5.41) is 0. The van der Waals surface area contributed by atoms with Crippen molar-refractivity contribution in [2.45, 2.75) is 64.3 Å². The number of carbonyl (C=O) groups is 2. The van der Waals surface area contributed by atoms with Gasteiger partial charge in [0, 0.05) is 11.5 Å². The number of hydrogen-bond acceptors (Lipinski definition) is 7. The lowest BCUT2D eigenvalue weighted by molar-refractivity contribution is 0.0193. The number of rotatable bonds is 6. The van der Waals surface area contributed by atoms with Crippen molar-refractivity contribution in [3.8, 4) is 11.5 Å². The highest BCUT2D eigenvalue weighted by Crippen LogP contribution is 2.22. The summed E-state index contributed by atoms with van der Waals surface area (Å²) in [4.78, 5) is 23.4. The molecule has 2 rings (SSSR count). The Kier molecular flexibility index (Phi) is 8.39. The van der Waals surface area contributed by atoms with Gasteiger partial charge in [0.25, 0.3) is 0 Å². The number of hydrogen-bond donors (Lipinski definition) is 0. The molecule has 0 aliphatic carbocycles. The minimum absolute atomic E-state index is 0.448. The van der Waals surface area contributed by atoms with Gasteiger partial charge in [0.2, 0.25) is 0 Å². The molecule has 0 saturated heterocycles. The average Bonchev–Trinajstić information content (AvgIpc) is 2.61. The predicted octanol–water partition coefficient (Wildman–Crippen LogP) is 6.75. The summed E-state index contributed by atoms with van der Waals surface area (Å²) < 4.78 is 20.6. The van der Waals surface area contributed by atoms with Crippen molar-refractivity contribution in [3.63, 3.8) is 0 Å². The fourth-order valence-corrected chi connectivity index (χ4v) is 3.29. The van der Waals surface area contributed by atoms with Crippen molar-refractivity contribution in [2.24, 2.45) is 0 Å². The van der Waals surface area contributed by atoms with E-state index in [1.165, 1.54) is 0 Å². The fraction of sp³-hybridized carbons (Fsp3) is 0.417. The van der Waals surface area contributed by atoms with Crippen LogP contribution in [0.25, 0.3) is 0 Å². The average molecular weight is 447 g/mol. The Morgan fingerprint density at radius 3 is 1.26 bits per heavy atom. The highest BCUT2D eigenvalue weighted by Gasteiger charge is 2.19. The van der Waals surface area contributed by atoms with Crippen LogP contribution in [-0.2, 0) is 21.0 Å². The van der Waals surface area contributed by atoms with Crippen molar-refractivity contribution in [2.75, 3.05) is 0 Å². The second-order valence-corrected chi connectivity index (χ2v) is 9.90. The van der Waals surface area contributed by atoms with Gasteiger partial charge in [0.15, 0.2) is 0 Å². The molecule has 6 nitrogen and oxygen atoms in total. The fourth-order valence-electron chi connectivity index (χ4n) is 2.33. The summed E-state index contributed by atoms with van der Waals surface area (Å²) in [6.45, 7) is 10.7. The zero-order valence-corrected chi connectivity index (χ0v) is 19.7. The van der Waals surface area contributed by atoms with E-state index in [0.29, 0.717) is 11.5 Å². The third-order valence-corrected chi connectivity index (χ3v) is 4.64. The standard InChI is InChI=1S/C24H30O6S/c1-23(2,3)29-21(25)27-19-11-7-17(8-12-19)15-31-16-18-9-13-20(14-10-18)28-22(26)30-24(4,5)6/h7-14H,15-16H2,1-6H3. The van der Waals surface area contributed by atoms with Crippen LogP contribution >= 0.6 is 11.8 Å². The molecule has 0 unspecified atom stereocenters. The van der Waals surface area contributed by atoms with E-state index >= 15 is 0 Å².